The number of aliphatic hydroxyl groups is 2. The molecule has 1 unspecified atom stereocenters. The highest BCUT2D eigenvalue weighted by molar-refractivity contribution is 7.99. The van der Waals surface area contributed by atoms with Crippen molar-refractivity contribution in [3.63, 3.8) is 0 Å². The fourth-order valence-corrected chi connectivity index (χ4v) is 4.10. The fraction of sp³-hybridized carbons (Fsp3) is 0.190. The van der Waals surface area contributed by atoms with Crippen molar-refractivity contribution in [1.82, 2.24) is 24.3 Å². The summed E-state index contributed by atoms with van der Waals surface area (Å²) < 4.78 is 10.2. The molecule has 1 atom stereocenters. The molecule has 3 N–H and O–H groups in total. The number of ether oxygens (including phenoxy) is 1. The van der Waals surface area contributed by atoms with Gasteiger partial charge >= 0.3 is 0 Å². The van der Waals surface area contributed by atoms with Crippen LogP contribution in [0.4, 0.5) is 10.9 Å². The molecule has 4 aromatic rings. The van der Waals surface area contributed by atoms with E-state index in [4.69, 9.17) is 9.84 Å². The smallest absolute Gasteiger partial charge is 0.208 e. The number of nitrogens with zero attached hydrogens (tertiary/aromatic N) is 5. The first-order valence-electron chi connectivity index (χ1n) is 9.62. The molecule has 0 aliphatic heterocycles. The van der Waals surface area contributed by atoms with Crippen LogP contribution in [0.3, 0.4) is 0 Å². The Hall–Kier alpha value is -3.12. The molecule has 32 heavy (non-hydrogen) atoms. The van der Waals surface area contributed by atoms with Crippen LogP contribution in [0, 0.1) is 13.8 Å². The van der Waals surface area contributed by atoms with E-state index in [-0.39, 0.29) is 5.82 Å². The van der Waals surface area contributed by atoms with E-state index in [1.54, 1.807) is 24.7 Å². The van der Waals surface area contributed by atoms with Crippen LogP contribution in [-0.2, 0) is 0 Å². The van der Waals surface area contributed by atoms with E-state index in [0.717, 1.165) is 32.7 Å². The average molecular weight is 469 g/mol. The van der Waals surface area contributed by atoms with Crippen molar-refractivity contribution < 1.29 is 14.9 Å². The summed E-state index contributed by atoms with van der Waals surface area (Å²) >= 11 is 2.53. The van der Waals surface area contributed by atoms with Crippen molar-refractivity contribution >= 4 is 34.2 Å². The lowest BCUT2D eigenvalue weighted by Gasteiger charge is -2.13. The second kappa shape index (κ2) is 10.0. The summed E-state index contributed by atoms with van der Waals surface area (Å²) in [5.41, 5.74) is 1.80. The molecular formula is C21H20N6O3S2. The van der Waals surface area contributed by atoms with Crippen LogP contribution < -0.4 is 10.1 Å². The summed E-state index contributed by atoms with van der Waals surface area (Å²) in [6.07, 6.45) is 4.03. The SMILES string of the molecule is Cc1cccnc1Sc1cnc(Nc2nc(C(O)CO)ns2)c(Oc2cccnc2C)c1. The van der Waals surface area contributed by atoms with Crippen LogP contribution >= 0.6 is 23.3 Å². The van der Waals surface area contributed by atoms with Gasteiger partial charge in [0.25, 0.3) is 0 Å². The van der Waals surface area contributed by atoms with Crippen molar-refractivity contribution in [1.29, 1.82) is 0 Å². The first-order chi connectivity index (χ1) is 15.5. The number of nitrogens with one attached hydrogen (secondary N) is 1. The minimum Gasteiger partial charge on any atom is -0.452 e. The van der Waals surface area contributed by atoms with Gasteiger partial charge in [0.1, 0.15) is 16.9 Å². The summed E-state index contributed by atoms with van der Waals surface area (Å²) in [5.74, 6) is 1.64. The molecule has 0 fully saturated rings. The molecule has 0 radical (unpaired) electrons. The first kappa shape index (κ1) is 22.1. The molecule has 0 aliphatic rings. The van der Waals surface area contributed by atoms with Crippen LogP contribution in [0.5, 0.6) is 11.5 Å². The van der Waals surface area contributed by atoms with Gasteiger partial charge in [-0.3, -0.25) is 4.98 Å². The monoisotopic (exact) mass is 468 g/mol. The third-order valence-corrected chi connectivity index (χ3v) is 6.04. The minimum atomic E-state index is -1.14. The third kappa shape index (κ3) is 5.19. The Kier molecular flexibility index (Phi) is 6.90. The van der Waals surface area contributed by atoms with E-state index in [2.05, 4.69) is 29.6 Å². The van der Waals surface area contributed by atoms with E-state index in [1.165, 1.54) is 11.8 Å². The number of aliphatic hydroxyl groups excluding tert-OH is 2. The third-order valence-electron chi connectivity index (χ3n) is 4.32. The lowest BCUT2D eigenvalue weighted by atomic mass is 10.3. The Bertz CT molecular complexity index is 1220. The number of pyridine rings is 3. The van der Waals surface area contributed by atoms with Crippen LogP contribution in [0.25, 0.3) is 0 Å². The van der Waals surface area contributed by atoms with E-state index in [9.17, 15) is 5.11 Å². The Morgan fingerprint density at radius 3 is 2.72 bits per heavy atom. The van der Waals surface area contributed by atoms with E-state index in [0.29, 0.717) is 22.4 Å². The number of hydrogen-bond acceptors (Lipinski definition) is 11. The Balaban J connectivity index is 1.66. The molecule has 0 aromatic carbocycles. The minimum absolute atomic E-state index is 0.142. The normalized spacial score (nSPS) is 11.9. The molecule has 0 bridgehead atoms. The van der Waals surface area contributed by atoms with Gasteiger partial charge in [0.15, 0.2) is 17.4 Å². The van der Waals surface area contributed by atoms with Crippen molar-refractivity contribution in [2.75, 3.05) is 11.9 Å². The maximum atomic E-state index is 9.74. The van der Waals surface area contributed by atoms with Gasteiger partial charge in [-0.2, -0.15) is 4.37 Å². The van der Waals surface area contributed by atoms with Gasteiger partial charge in [0.2, 0.25) is 5.13 Å². The van der Waals surface area contributed by atoms with E-state index in [1.807, 2.05) is 38.1 Å². The predicted octanol–water partition coefficient (Wildman–Crippen LogP) is 4.05. The zero-order chi connectivity index (χ0) is 22.5. The molecule has 9 nitrogen and oxygen atoms in total. The second-order valence-electron chi connectivity index (χ2n) is 6.72. The van der Waals surface area contributed by atoms with Gasteiger partial charge in [-0.05, 0) is 37.6 Å². The highest BCUT2D eigenvalue weighted by atomic mass is 32.2. The second-order valence-corrected chi connectivity index (χ2v) is 8.53. The fourth-order valence-electron chi connectivity index (χ4n) is 2.64. The van der Waals surface area contributed by atoms with Crippen LogP contribution in [0.15, 0.2) is 58.8 Å². The van der Waals surface area contributed by atoms with E-state index < -0.39 is 12.7 Å². The zero-order valence-corrected chi connectivity index (χ0v) is 18.9. The molecule has 164 valence electrons. The molecule has 4 aromatic heterocycles. The van der Waals surface area contributed by atoms with Crippen molar-refractivity contribution in [3.8, 4) is 11.5 Å². The predicted molar refractivity (Wildman–Crippen MR) is 122 cm³/mol. The maximum absolute atomic E-state index is 9.74. The van der Waals surface area contributed by atoms with Crippen molar-refractivity contribution in [3.05, 3.63) is 66.0 Å². The van der Waals surface area contributed by atoms with Gasteiger partial charge in [-0.25, -0.2) is 15.0 Å². The van der Waals surface area contributed by atoms with Crippen molar-refractivity contribution in [2.45, 2.75) is 29.9 Å². The molecular weight excluding hydrogens is 448 g/mol. The average Bonchev–Trinajstić information content (AvgIpc) is 3.26. The summed E-state index contributed by atoms with van der Waals surface area (Å²) in [6, 6.07) is 9.39. The number of hydrogen-bond donors (Lipinski definition) is 3. The van der Waals surface area contributed by atoms with Gasteiger partial charge in [0, 0.05) is 41.1 Å². The van der Waals surface area contributed by atoms with Gasteiger partial charge in [-0.1, -0.05) is 17.8 Å². The van der Waals surface area contributed by atoms with Crippen LogP contribution in [0.2, 0.25) is 0 Å². The topological polar surface area (TPSA) is 126 Å². The van der Waals surface area contributed by atoms with Crippen LogP contribution in [-0.4, -0.2) is 41.1 Å². The number of aromatic nitrogens is 5. The quantitative estimate of drug-likeness (QED) is 0.348. The maximum Gasteiger partial charge on any atom is 0.208 e. The van der Waals surface area contributed by atoms with Crippen molar-refractivity contribution in [2.24, 2.45) is 0 Å². The Morgan fingerprint density at radius 1 is 1.12 bits per heavy atom. The van der Waals surface area contributed by atoms with Gasteiger partial charge in [0.05, 0.1) is 12.3 Å². The molecule has 0 amide bonds. The molecule has 4 rings (SSSR count). The molecule has 0 saturated heterocycles. The molecule has 0 aliphatic carbocycles. The number of anilines is 2. The molecule has 0 saturated carbocycles. The lowest BCUT2D eigenvalue weighted by Crippen LogP contribution is -2.04. The molecule has 0 spiro atoms. The van der Waals surface area contributed by atoms with Gasteiger partial charge < -0.3 is 20.3 Å². The van der Waals surface area contributed by atoms with Crippen LogP contribution in [0.1, 0.15) is 23.2 Å². The van der Waals surface area contributed by atoms with E-state index >= 15 is 0 Å². The molecule has 4 heterocycles. The lowest BCUT2D eigenvalue weighted by molar-refractivity contribution is 0.0897. The summed E-state index contributed by atoms with van der Waals surface area (Å²) in [7, 11) is 0. The largest absolute Gasteiger partial charge is 0.452 e. The summed E-state index contributed by atoms with van der Waals surface area (Å²) in [5, 5.41) is 23.2. The molecule has 11 heteroatoms. The Labute approximate surface area is 192 Å². The number of rotatable bonds is 8. The van der Waals surface area contributed by atoms with Gasteiger partial charge in [-0.15, -0.1) is 0 Å². The number of aryl methyl sites for hydroxylation is 2. The standard InChI is InChI=1S/C21H20N6O3S2/c1-12-5-3-8-23-20(12)31-14-9-17(30-16-6-4-7-22-13(16)2)19(24-10-14)26-21-25-18(27-32-21)15(29)11-28/h3-10,15,28-29H,11H2,1-2H3,(H,24,25,26,27). The first-order valence-corrected chi connectivity index (χ1v) is 11.2. The highest BCUT2D eigenvalue weighted by Gasteiger charge is 2.16. The Morgan fingerprint density at radius 2 is 1.94 bits per heavy atom. The summed E-state index contributed by atoms with van der Waals surface area (Å²) in [6.45, 7) is 3.41. The highest BCUT2D eigenvalue weighted by Crippen LogP contribution is 2.37. The zero-order valence-electron chi connectivity index (χ0n) is 17.3. The summed E-state index contributed by atoms with van der Waals surface area (Å²) in [4.78, 5) is 18.3.